The summed E-state index contributed by atoms with van der Waals surface area (Å²) in [5, 5.41) is 2.41. The summed E-state index contributed by atoms with van der Waals surface area (Å²) in [5.74, 6) is -3.65. The molecule has 41 heavy (non-hydrogen) atoms. The minimum absolute atomic E-state index is 0.00976. The summed E-state index contributed by atoms with van der Waals surface area (Å²) >= 11 is 0. The summed E-state index contributed by atoms with van der Waals surface area (Å²) in [5.41, 5.74) is -1.55. The van der Waals surface area contributed by atoms with Crippen molar-refractivity contribution in [2.24, 2.45) is 0 Å². The van der Waals surface area contributed by atoms with Gasteiger partial charge in [0.1, 0.15) is 23.8 Å². The zero-order chi connectivity index (χ0) is 29.5. The molecule has 2 amide bonds. The molecule has 2 atom stereocenters. The minimum Gasteiger partial charge on any atom is -0.451 e. The number of ether oxygens (including phenoxy) is 6. The Balaban J connectivity index is 1.50. The number of benzene rings is 1. The Kier molecular flexibility index (Phi) is 9.86. The van der Waals surface area contributed by atoms with E-state index in [1.807, 2.05) is 0 Å². The van der Waals surface area contributed by atoms with Gasteiger partial charge in [-0.05, 0) is 13.0 Å². The summed E-state index contributed by atoms with van der Waals surface area (Å²) < 4.78 is 59.4. The number of methoxy groups -OCH3 is 1. The van der Waals surface area contributed by atoms with Crippen molar-refractivity contribution in [1.29, 1.82) is 0 Å². The van der Waals surface area contributed by atoms with Crippen molar-refractivity contribution in [1.82, 2.24) is 14.8 Å². The molecule has 0 saturated carbocycles. The molecule has 3 heterocycles. The van der Waals surface area contributed by atoms with Gasteiger partial charge in [-0.3, -0.25) is 14.4 Å². The van der Waals surface area contributed by atoms with E-state index < -0.39 is 59.4 Å². The third-order valence-corrected chi connectivity index (χ3v) is 6.30. The lowest BCUT2D eigenvalue weighted by atomic mass is 10.1. The second-order valence-electron chi connectivity index (χ2n) is 9.08. The van der Waals surface area contributed by atoms with E-state index >= 15 is 0 Å². The van der Waals surface area contributed by atoms with Gasteiger partial charge in [0.25, 0.3) is 11.8 Å². The minimum atomic E-state index is -1.11. The molecular formula is C26H29F2N3O10. The normalized spacial score (nSPS) is 17.6. The fourth-order valence-electron chi connectivity index (χ4n) is 4.30. The van der Waals surface area contributed by atoms with E-state index in [1.165, 1.54) is 22.8 Å². The molecule has 4 rings (SSSR count). The van der Waals surface area contributed by atoms with Crippen molar-refractivity contribution < 1.29 is 51.6 Å². The van der Waals surface area contributed by atoms with Gasteiger partial charge in [-0.1, -0.05) is 6.07 Å². The fraction of sp³-hybridized carbons (Fsp3) is 0.462. The molecule has 0 spiro atoms. The number of halogens is 2. The predicted octanol–water partition coefficient (Wildman–Crippen LogP) is 1.41. The van der Waals surface area contributed by atoms with E-state index in [0.29, 0.717) is 19.3 Å². The van der Waals surface area contributed by atoms with Crippen LogP contribution < -0.4 is 15.5 Å². The van der Waals surface area contributed by atoms with E-state index in [-0.39, 0.29) is 50.2 Å². The van der Waals surface area contributed by atoms with Crippen LogP contribution >= 0.6 is 0 Å². The Bertz CT molecular complexity index is 1350. The van der Waals surface area contributed by atoms with Gasteiger partial charge < -0.3 is 43.2 Å². The van der Waals surface area contributed by atoms with Gasteiger partial charge in [0.15, 0.2) is 11.9 Å². The smallest absolute Gasteiger partial charge is 0.451 e. The van der Waals surface area contributed by atoms with Gasteiger partial charge in [-0.25, -0.2) is 13.6 Å². The van der Waals surface area contributed by atoms with Crippen molar-refractivity contribution in [2.45, 2.75) is 32.3 Å². The molecule has 2 aliphatic heterocycles. The molecule has 0 radical (unpaired) electrons. The number of nitrogens with zero attached hydrogens (tertiary/aromatic N) is 2. The Hall–Kier alpha value is -4.08. The average molecular weight is 582 g/mol. The maximum Gasteiger partial charge on any atom is 0.511 e. The summed E-state index contributed by atoms with van der Waals surface area (Å²) in [6.45, 7) is 1.65. The molecule has 1 saturated heterocycles. The highest BCUT2D eigenvalue weighted by atomic mass is 19.1. The molecule has 2 aromatic rings. The number of carbonyl (C=O) groups excluding carboxylic acids is 3. The first-order chi connectivity index (χ1) is 19.7. The fourth-order valence-corrected chi connectivity index (χ4v) is 4.30. The SMILES string of the molecule is COCCOCCOC(=O)OCOc1c2n(cc(C(=O)NCc3ccc(F)cc3F)c1=O)C[C@H]1OC[C@H](C)N1C2=O. The van der Waals surface area contributed by atoms with Crippen LogP contribution in [0.3, 0.4) is 0 Å². The molecule has 15 heteroatoms. The predicted molar refractivity (Wildman–Crippen MR) is 134 cm³/mol. The van der Waals surface area contributed by atoms with E-state index in [1.54, 1.807) is 6.92 Å². The highest BCUT2D eigenvalue weighted by molar-refractivity contribution is 5.99. The lowest BCUT2D eigenvalue weighted by Gasteiger charge is -2.34. The number of nitrogens with one attached hydrogen (secondary N) is 1. The molecule has 222 valence electrons. The van der Waals surface area contributed by atoms with Gasteiger partial charge in [-0.2, -0.15) is 0 Å². The molecule has 1 N–H and O–H groups in total. The Morgan fingerprint density at radius 3 is 2.66 bits per heavy atom. The summed E-state index contributed by atoms with van der Waals surface area (Å²) in [4.78, 5) is 53.1. The molecule has 2 aliphatic rings. The number of fused-ring (bicyclic) bond motifs is 2. The molecular weight excluding hydrogens is 552 g/mol. The third kappa shape index (κ3) is 6.99. The molecule has 13 nitrogen and oxygen atoms in total. The lowest BCUT2D eigenvalue weighted by Crippen LogP contribution is -2.49. The standard InChI is InChI=1S/C26H29F2N3O10/c1-15-13-39-20-12-30-11-18(24(33)29-10-16-3-4-17(27)9-19(16)28)22(32)23(21(30)25(34)31(15)20)40-14-41-26(35)38-8-7-37-6-5-36-2/h3-4,9,11,15,20H,5-8,10,12-14H2,1-2H3,(H,29,33)/t15-,20+/m0/s1. The van der Waals surface area contributed by atoms with Crippen LogP contribution in [0.25, 0.3) is 0 Å². The zero-order valence-electron chi connectivity index (χ0n) is 22.4. The monoisotopic (exact) mass is 581 g/mol. The van der Waals surface area contributed by atoms with Crippen LogP contribution in [0.2, 0.25) is 0 Å². The highest BCUT2D eigenvalue weighted by Gasteiger charge is 2.43. The van der Waals surface area contributed by atoms with Crippen LogP contribution in [0.1, 0.15) is 33.3 Å². The van der Waals surface area contributed by atoms with Crippen molar-refractivity contribution in [3.05, 3.63) is 63.1 Å². The van der Waals surface area contributed by atoms with Crippen LogP contribution in [-0.2, 0) is 36.8 Å². The molecule has 1 fully saturated rings. The quantitative estimate of drug-likeness (QED) is 0.222. The van der Waals surface area contributed by atoms with Crippen molar-refractivity contribution in [3.8, 4) is 5.75 Å². The van der Waals surface area contributed by atoms with Crippen LogP contribution in [0.4, 0.5) is 13.6 Å². The van der Waals surface area contributed by atoms with Crippen LogP contribution in [0.5, 0.6) is 5.75 Å². The third-order valence-electron chi connectivity index (χ3n) is 6.30. The topological polar surface area (TPSA) is 144 Å². The molecule has 0 unspecified atom stereocenters. The van der Waals surface area contributed by atoms with Crippen molar-refractivity contribution in [2.75, 3.05) is 46.9 Å². The number of hydrogen-bond donors (Lipinski definition) is 1. The first-order valence-corrected chi connectivity index (χ1v) is 12.6. The number of aromatic nitrogens is 1. The van der Waals surface area contributed by atoms with Gasteiger partial charge in [0.2, 0.25) is 18.0 Å². The molecule has 1 aromatic carbocycles. The number of rotatable bonds is 12. The maximum atomic E-state index is 14.0. The molecule has 1 aromatic heterocycles. The second kappa shape index (κ2) is 13.5. The zero-order valence-corrected chi connectivity index (χ0v) is 22.4. The lowest BCUT2D eigenvalue weighted by molar-refractivity contribution is -0.0140. The number of carbonyl (C=O) groups is 3. The molecule has 0 aliphatic carbocycles. The summed E-state index contributed by atoms with van der Waals surface area (Å²) in [6, 6.07) is 2.58. The first kappa shape index (κ1) is 29.9. The van der Waals surface area contributed by atoms with Crippen LogP contribution in [0.15, 0.2) is 29.2 Å². The Labute approximate surface area is 232 Å². The van der Waals surface area contributed by atoms with Gasteiger partial charge in [0.05, 0.1) is 39.0 Å². The maximum absolute atomic E-state index is 14.0. The number of amides is 2. The van der Waals surface area contributed by atoms with E-state index in [0.717, 1.165) is 12.1 Å². The van der Waals surface area contributed by atoms with Gasteiger partial charge in [-0.15, -0.1) is 0 Å². The van der Waals surface area contributed by atoms with E-state index in [2.05, 4.69) is 5.32 Å². The molecule has 0 bridgehead atoms. The van der Waals surface area contributed by atoms with Crippen molar-refractivity contribution >= 4 is 18.0 Å². The largest absolute Gasteiger partial charge is 0.511 e. The second-order valence-corrected chi connectivity index (χ2v) is 9.08. The number of hydrogen-bond acceptors (Lipinski definition) is 10. The van der Waals surface area contributed by atoms with Crippen LogP contribution in [-0.4, -0.2) is 86.6 Å². The summed E-state index contributed by atoms with van der Waals surface area (Å²) in [6.07, 6.45) is -0.569. The Morgan fingerprint density at radius 2 is 1.90 bits per heavy atom. The first-order valence-electron chi connectivity index (χ1n) is 12.6. The average Bonchev–Trinajstić information content (AvgIpc) is 3.31. The van der Waals surface area contributed by atoms with Gasteiger partial charge >= 0.3 is 6.16 Å². The van der Waals surface area contributed by atoms with Crippen LogP contribution in [0, 0.1) is 11.6 Å². The van der Waals surface area contributed by atoms with Crippen molar-refractivity contribution in [3.63, 3.8) is 0 Å². The van der Waals surface area contributed by atoms with E-state index in [9.17, 15) is 28.0 Å². The Morgan fingerprint density at radius 1 is 1.12 bits per heavy atom. The number of pyridine rings is 1. The van der Waals surface area contributed by atoms with Gasteiger partial charge in [0, 0.05) is 31.5 Å². The highest BCUT2D eigenvalue weighted by Crippen LogP contribution is 2.30. The summed E-state index contributed by atoms with van der Waals surface area (Å²) in [7, 11) is 1.52. The van der Waals surface area contributed by atoms with E-state index in [4.69, 9.17) is 28.4 Å².